The van der Waals surface area contributed by atoms with Crippen molar-refractivity contribution in [3.63, 3.8) is 0 Å². The van der Waals surface area contributed by atoms with Gasteiger partial charge in [0.1, 0.15) is 0 Å². The molecular weight excluding hydrogens is 352 g/mol. The molecule has 6 heteroatoms. The van der Waals surface area contributed by atoms with Gasteiger partial charge < -0.3 is 5.73 Å². The summed E-state index contributed by atoms with van der Waals surface area (Å²) in [5.74, 6) is -0.0530. The molecule has 2 N–H and O–H groups in total. The first kappa shape index (κ1) is 16.0. The van der Waals surface area contributed by atoms with Crippen molar-refractivity contribution < 1.29 is 8.42 Å². The predicted molar refractivity (Wildman–Crippen MR) is 89.1 cm³/mol. The minimum absolute atomic E-state index is 0.0530. The van der Waals surface area contributed by atoms with Gasteiger partial charge in [-0.15, -0.1) is 0 Å². The standard InChI is InChI=1S/C15H17BrN2O2S/c1-18(10-12-4-2-6-14(16)8-12)21(19,20)11-13-5-3-7-15(17)9-13/h2-9H,10-11,17H2,1H3. The summed E-state index contributed by atoms with van der Waals surface area (Å²) in [4.78, 5) is 0. The van der Waals surface area contributed by atoms with Crippen LogP contribution in [0, 0.1) is 0 Å². The van der Waals surface area contributed by atoms with E-state index in [0.717, 1.165) is 10.0 Å². The van der Waals surface area contributed by atoms with Crippen LogP contribution in [-0.4, -0.2) is 19.8 Å². The molecule has 2 aromatic carbocycles. The number of anilines is 1. The van der Waals surface area contributed by atoms with E-state index in [1.54, 1.807) is 31.3 Å². The van der Waals surface area contributed by atoms with Gasteiger partial charge in [-0.3, -0.25) is 0 Å². The molecule has 2 rings (SSSR count). The number of nitrogens with two attached hydrogens (primary N) is 1. The molecule has 0 aliphatic carbocycles. The van der Waals surface area contributed by atoms with Gasteiger partial charge in [-0.1, -0.05) is 40.2 Å². The Morgan fingerprint density at radius 2 is 1.76 bits per heavy atom. The highest BCUT2D eigenvalue weighted by atomic mass is 79.9. The first-order valence-electron chi connectivity index (χ1n) is 6.40. The number of hydrogen-bond acceptors (Lipinski definition) is 3. The second kappa shape index (κ2) is 6.60. The summed E-state index contributed by atoms with van der Waals surface area (Å²) in [7, 11) is -1.79. The third-order valence-corrected chi connectivity index (χ3v) is 5.34. The summed E-state index contributed by atoms with van der Waals surface area (Å²) in [5, 5.41) is 0. The van der Waals surface area contributed by atoms with Crippen LogP contribution in [0.5, 0.6) is 0 Å². The third-order valence-electron chi connectivity index (χ3n) is 3.07. The minimum atomic E-state index is -3.38. The van der Waals surface area contributed by atoms with Gasteiger partial charge in [0, 0.05) is 23.8 Å². The van der Waals surface area contributed by atoms with Gasteiger partial charge in [0.2, 0.25) is 10.0 Å². The molecule has 4 nitrogen and oxygen atoms in total. The molecule has 0 heterocycles. The average molecular weight is 369 g/mol. The summed E-state index contributed by atoms with van der Waals surface area (Å²) >= 11 is 3.38. The van der Waals surface area contributed by atoms with Crippen LogP contribution in [-0.2, 0) is 22.3 Å². The number of rotatable bonds is 5. The van der Waals surface area contributed by atoms with Crippen molar-refractivity contribution >= 4 is 31.6 Å². The van der Waals surface area contributed by atoms with Gasteiger partial charge in [0.25, 0.3) is 0 Å². The van der Waals surface area contributed by atoms with Gasteiger partial charge in [-0.25, -0.2) is 12.7 Å². The third kappa shape index (κ3) is 4.56. The molecule has 0 aliphatic rings. The van der Waals surface area contributed by atoms with Crippen molar-refractivity contribution in [2.75, 3.05) is 12.8 Å². The predicted octanol–water partition coefficient (Wildman–Crippen LogP) is 2.99. The lowest BCUT2D eigenvalue weighted by Crippen LogP contribution is -2.27. The molecule has 0 aromatic heterocycles. The Labute approximate surface area is 133 Å². The van der Waals surface area contributed by atoms with Crippen LogP contribution in [0.15, 0.2) is 53.0 Å². The van der Waals surface area contributed by atoms with E-state index in [1.165, 1.54) is 4.31 Å². The number of sulfonamides is 1. The first-order valence-corrected chi connectivity index (χ1v) is 8.80. The largest absolute Gasteiger partial charge is 0.399 e. The van der Waals surface area contributed by atoms with Gasteiger partial charge in [-0.05, 0) is 35.4 Å². The average Bonchev–Trinajstić information content (AvgIpc) is 2.38. The molecule has 0 saturated carbocycles. The number of benzene rings is 2. The fraction of sp³-hybridized carbons (Fsp3) is 0.200. The zero-order chi connectivity index (χ0) is 15.5. The number of nitrogen functional groups attached to an aromatic ring is 1. The monoisotopic (exact) mass is 368 g/mol. The fourth-order valence-corrected chi connectivity index (χ4v) is 3.61. The maximum atomic E-state index is 12.4. The Bertz CT molecular complexity index is 732. The van der Waals surface area contributed by atoms with E-state index < -0.39 is 10.0 Å². The zero-order valence-corrected chi connectivity index (χ0v) is 14.1. The normalized spacial score (nSPS) is 11.8. The Balaban J connectivity index is 2.12. The molecule has 0 aliphatic heterocycles. The van der Waals surface area contributed by atoms with Gasteiger partial charge >= 0.3 is 0 Å². The van der Waals surface area contributed by atoms with E-state index in [0.29, 0.717) is 17.8 Å². The Hall–Kier alpha value is -1.37. The molecule has 0 fully saturated rings. The summed E-state index contributed by atoms with van der Waals surface area (Å²) < 4.78 is 27.0. The SMILES string of the molecule is CN(Cc1cccc(Br)c1)S(=O)(=O)Cc1cccc(N)c1. The molecule has 112 valence electrons. The molecule has 0 saturated heterocycles. The lowest BCUT2D eigenvalue weighted by Gasteiger charge is -2.17. The topological polar surface area (TPSA) is 63.4 Å². The molecule has 0 spiro atoms. The molecule has 21 heavy (non-hydrogen) atoms. The van der Waals surface area contributed by atoms with Crippen LogP contribution < -0.4 is 5.73 Å². The maximum Gasteiger partial charge on any atom is 0.218 e. The van der Waals surface area contributed by atoms with Crippen LogP contribution in [0.1, 0.15) is 11.1 Å². The van der Waals surface area contributed by atoms with Crippen molar-refractivity contribution in [1.29, 1.82) is 0 Å². The van der Waals surface area contributed by atoms with Crippen molar-refractivity contribution in [3.05, 3.63) is 64.1 Å². The van der Waals surface area contributed by atoms with Crippen molar-refractivity contribution in [3.8, 4) is 0 Å². The lowest BCUT2D eigenvalue weighted by molar-refractivity contribution is 0.466. The summed E-state index contributed by atoms with van der Waals surface area (Å²) in [5.41, 5.74) is 7.87. The second-order valence-corrected chi connectivity index (χ2v) is 7.88. The van der Waals surface area contributed by atoms with Crippen LogP contribution in [0.4, 0.5) is 5.69 Å². The fourth-order valence-electron chi connectivity index (χ4n) is 1.99. The number of nitrogens with zero attached hydrogens (tertiary/aromatic N) is 1. The van der Waals surface area contributed by atoms with Gasteiger partial charge in [0.15, 0.2) is 0 Å². The Morgan fingerprint density at radius 1 is 1.10 bits per heavy atom. The Morgan fingerprint density at radius 3 is 2.43 bits per heavy atom. The van der Waals surface area contributed by atoms with E-state index in [9.17, 15) is 8.42 Å². The second-order valence-electron chi connectivity index (χ2n) is 4.89. The van der Waals surface area contributed by atoms with E-state index in [1.807, 2.05) is 24.3 Å². The minimum Gasteiger partial charge on any atom is -0.399 e. The van der Waals surface area contributed by atoms with E-state index in [2.05, 4.69) is 15.9 Å². The highest BCUT2D eigenvalue weighted by Crippen LogP contribution is 2.17. The van der Waals surface area contributed by atoms with Crippen LogP contribution in [0.2, 0.25) is 0 Å². The highest BCUT2D eigenvalue weighted by molar-refractivity contribution is 9.10. The summed E-state index contributed by atoms with van der Waals surface area (Å²) in [6.07, 6.45) is 0. The molecule has 2 aromatic rings. The molecular formula is C15H17BrN2O2S. The molecule has 0 atom stereocenters. The Kier molecular flexibility index (Phi) is 5.03. The zero-order valence-electron chi connectivity index (χ0n) is 11.7. The highest BCUT2D eigenvalue weighted by Gasteiger charge is 2.18. The maximum absolute atomic E-state index is 12.4. The first-order chi connectivity index (χ1) is 9.87. The van der Waals surface area contributed by atoms with E-state index in [-0.39, 0.29) is 5.75 Å². The summed E-state index contributed by atoms with van der Waals surface area (Å²) in [6, 6.07) is 14.5. The molecule has 0 bridgehead atoms. The molecule has 0 radical (unpaired) electrons. The molecule has 0 amide bonds. The smallest absolute Gasteiger partial charge is 0.218 e. The van der Waals surface area contributed by atoms with Gasteiger partial charge in [-0.2, -0.15) is 0 Å². The van der Waals surface area contributed by atoms with E-state index in [4.69, 9.17) is 5.73 Å². The van der Waals surface area contributed by atoms with Crippen LogP contribution >= 0.6 is 15.9 Å². The number of hydrogen-bond donors (Lipinski definition) is 1. The van der Waals surface area contributed by atoms with Crippen LogP contribution in [0.25, 0.3) is 0 Å². The molecule has 0 unspecified atom stereocenters. The van der Waals surface area contributed by atoms with Gasteiger partial charge in [0.05, 0.1) is 5.75 Å². The van der Waals surface area contributed by atoms with Crippen LogP contribution in [0.3, 0.4) is 0 Å². The quantitative estimate of drug-likeness (QED) is 0.825. The number of halogens is 1. The van der Waals surface area contributed by atoms with Crippen molar-refractivity contribution in [2.24, 2.45) is 0 Å². The lowest BCUT2D eigenvalue weighted by atomic mass is 10.2. The summed E-state index contributed by atoms with van der Waals surface area (Å²) in [6.45, 7) is 0.337. The van der Waals surface area contributed by atoms with Crippen molar-refractivity contribution in [1.82, 2.24) is 4.31 Å². The van der Waals surface area contributed by atoms with Crippen molar-refractivity contribution in [2.45, 2.75) is 12.3 Å². The van der Waals surface area contributed by atoms with E-state index >= 15 is 0 Å².